The van der Waals surface area contributed by atoms with Crippen molar-refractivity contribution >= 4 is 29.9 Å². The molecule has 1 fully saturated rings. The minimum absolute atomic E-state index is 0. The van der Waals surface area contributed by atoms with Gasteiger partial charge in [0.25, 0.3) is 0 Å². The standard InChI is InChI=1S/C15H32N4.HI/c1-5-9-17-15(16-6-2)18-12-14(13(3)4)19-10-7-8-11-19;/h13-14H,5-12H2,1-4H3,(H2,16,17,18);1H. The van der Waals surface area contributed by atoms with E-state index in [9.17, 15) is 0 Å². The van der Waals surface area contributed by atoms with Crippen LogP contribution in [0, 0.1) is 5.92 Å². The highest BCUT2D eigenvalue weighted by molar-refractivity contribution is 14.0. The maximum Gasteiger partial charge on any atom is 0.191 e. The molecule has 0 bridgehead atoms. The van der Waals surface area contributed by atoms with Crippen molar-refractivity contribution in [3.8, 4) is 0 Å². The van der Waals surface area contributed by atoms with E-state index in [2.05, 4.69) is 43.2 Å². The number of nitrogens with one attached hydrogen (secondary N) is 2. The van der Waals surface area contributed by atoms with Gasteiger partial charge in [-0.25, -0.2) is 0 Å². The highest BCUT2D eigenvalue weighted by atomic mass is 127. The van der Waals surface area contributed by atoms with Crippen LogP contribution in [-0.4, -0.2) is 49.6 Å². The predicted molar refractivity (Wildman–Crippen MR) is 99.1 cm³/mol. The van der Waals surface area contributed by atoms with E-state index in [-0.39, 0.29) is 24.0 Å². The van der Waals surface area contributed by atoms with Gasteiger partial charge >= 0.3 is 0 Å². The maximum atomic E-state index is 4.77. The number of nitrogens with zero attached hydrogens (tertiary/aromatic N) is 2. The number of aliphatic imine (C=N–C) groups is 1. The van der Waals surface area contributed by atoms with Gasteiger partial charge in [-0.3, -0.25) is 9.89 Å². The Labute approximate surface area is 142 Å². The van der Waals surface area contributed by atoms with Gasteiger partial charge in [0.1, 0.15) is 0 Å². The average Bonchev–Trinajstić information content (AvgIpc) is 2.89. The van der Waals surface area contributed by atoms with Crippen molar-refractivity contribution in [3.05, 3.63) is 0 Å². The molecule has 1 saturated heterocycles. The Morgan fingerprint density at radius 3 is 2.30 bits per heavy atom. The van der Waals surface area contributed by atoms with Crippen LogP contribution in [0.3, 0.4) is 0 Å². The topological polar surface area (TPSA) is 39.7 Å². The van der Waals surface area contributed by atoms with Gasteiger partial charge in [-0.2, -0.15) is 0 Å². The fourth-order valence-electron chi connectivity index (χ4n) is 2.59. The lowest BCUT2D eigenvalue weighted by Gasteiger charge is -2.29. The Bertz CT molecular complexity index is 263. The molecule has 0 saturated carbocycles. The SMILES string of the molecule is CCCNC(=NCC(C(C)C)N1CCCC1)NCC.I. The monoisotopic (exact) mass is 396 g/mol. The molecule has 1 atom stereocenters. The molecule has 0 aromatic rings. The third-order valence-electron chi connectivity index (χ3n) is 3.70. The molecule has 4 nitrogen and oxygen atoms in total. The van der Waals surface area contributed by atoms with Crippen molar-refractivity contribution in [2.45, 2.75) is 53.0 Å². The molecule has 1 unspecified atom stereocenters. The lowest BCUT2D eigenvalue weighted by molar-refractivity contribution is 0.197. The van der Waals surface area contributed by atoms with Crippen molar-refractivity contribution in [3.63, 3.8) is 0 Å². The molecule has 120 valence electrons. The summed E-state index contributed by atoms with van der Waals surface area (Å²) in [7, 11) is 0. The first-order valence-electron chi connectivity index (χ1n) is 7.95. The maximum absolute atomic E-state index is 4.77. The average molecular weight is 396 g/mol. The first kappa shape index (κ1) is 20.0. The van der Waals surface area contributed by atoms with Crippen LogP contribution in [0.15, 0.2) is 4.99 Å². The van der Waals surface area contributed by atoms with Crippen molar-refractivity contribution in [2.75, 3.05) is 32.7 Å². The second-order valence-corrected chi connectivity index (χ2v) is 5.70. The molecule has 1 aliphatic rings. The third-order valence-corrected chi connectivity index (χ3v) is 3.70. The zero-order valence-electron chi connectivity index (χ0n) is 13.6. The molecule has 0 aromatic carbocycles. The van der Waals surface area contributed by atoms with Crippen LogP contribution in [0.4, 0.5) is 0 Å². The van der Waals surface area contributed by atoms with Gasteiger partial charge in [0.15, 0.2) is 5.96 Å². The van der Waals surface area contributed by atoms with Gasteiger partial charge in [-0.1, -0.05) is 20.8 Å². The molecule has 0 radical (unpaired) electrons. The number of guanidine groups is 1. The lowest BCUT2D eigenvalue weighted by Crippen LogP contribution is -2.42. The highest BCUT2D eigenvalue weighted by Crippen LogP contribution is 2.17. The molecule has 0 aromatic heterocycles. The smallest absolute Gasteiger partial charge is 0.191 e. The summed E-state index contributed by atoms with van der Waals surface area (Å²) < 4.78 is 0. The fourth-order valence-corrected chi connectivity index (χ4v) is 2.59. The number of halogens is 1. The van der Waals surface area contributed by atoms with Crippen molar-refractivity contribution < 1.29 is 0 Å². The van der Waals surface area contributed by atoms with E-state index in [1.54, 1.807) is 0 Å². The highest BCUT2D eigenvalue weighted by Gasteiger charge is 2.24. The zero-order valence-corrected chi connectivity index (χ0v) is 15.9. The van der Waals surface area contributed by atoms with Crippen molar-refractivity contribution in [1.29, 1.82) is 0 Å². The second kappa shape index (κ2) is 11.6. The van der Waals surface area contributed by atoms with Crippen molar-refractivity contribution in [2.24, 2.45) is 10.9 Å². The Morgan fingerprint density at radius 1 is 1.15 bits per heavy atom. The van der Waals surface area contributed by atoms with E-state index >= 15 is 0 Å². The largest absolute Gasteiger partial charge is 0.357 e. The van der Waals surface area contributed by atoms with E-state index in [0.717, 1.165) is 32.0 Å². The van der Waals surface area contributed by atoms with Gasteiger partial charge in [-0.15, -0.1) is 24.0 Å². The number of hydrogen-bond donors (Lipinski definition) is 2. The summed E-state index contributed by atoms with van der Waals surface area (Å²) in [5.41, 5.74) is 0. The summed E-state index contributed by atoms with van der Waals surface area (Å²) in [4.78, 5) is 7.38. The van der Waals surface area contributed by atoms with Crippen LogP contribution < -0.4 is 10.6 Å². The van der Waals surface area contributed by atoms with Gasteiger partial charge in [0.05, 0.1) is 6.54 Å². The normalized spacial score (nSPS) is 17.9. The Hall–Kier alpha value is -0.0400. The number of rotatable bonds is 7. The van der Waals surface area contributed by atoms with E-state index in [1.807, 2.05) is 0 Å². The number of hydrogen-bond acceptors (Lipinski definition) is 2. The summed E-state index contributed by atoms with van der Waals surface area (Å²) in [5, 5.41) is 6.70. The fraction of sp³-hybridized carbons (Fsp3) is 0.933. The summed E-state index contributed by atoms with van der Waals surface area (Å²) >= 11 is 0. The van der Waals surface area contributed by atoms with Crippen LogP contribution >= 0.6 is 24.0 Å². The molecular weight excluding hydrogens is 363 g/mol. The predicted octanol–water partition coefficient (Wildman–Crippen LogP) is 2.69. The molecule has 1 rings (SSSR count). The Morgan fingerprint density at radius 2 is 1.80 bits per heavy atom. The minimum atomic E-state index is 0. The van der Waals surface area contributed by atoms with Gasteiger partial charge in [0, 0.05) is 19.1 Å². The summed E-state index contributed by atoms with van der Waals surface area (Å²) in [5.74, 6) is 1.63. The molecule has 5 heteroatoms. The molecule has 1 aliphatic heterocycles. The molecule has 2 N–H and O–H groups in total. The van der Waals surface area contributed by atoms with Crippen LogP contribution in [0.2, 0.25) is 0 Å². The van der Waals surface area contributed by atoms with E-state index in [0.29, 0.717) is 12.0 Å². The lowest BCUT2D eigenvalue weighted by atomic mass is 10.0. The first-order chi connectivity index (χ1) is 9.19. The number of likely N-dealkylation sites (tertiary alicyclic amines) is 1. The zero-order chi connectivity index (χ0) is 14.1. The van der Waals surface area contributed by atoms with Gasteiger partial charge in [-0.05, 0) is 45.2 Å². The third kappa shape index (κ3) is 7.11. The van der Waals surface area contributed by atoms with E-state index in [4.69, 9.17) is 4.99 Å². The summed E-state index contributed by atoms with van der Waals surface area (Å²) in [6.07, 6.45) is 3.83. The Balaban J connectivity index is 0.00000361. The molecule has 0 amide bonds. The van der Waals surface area contributed by atoms with Crippen LogP contribution in [0.1, 0.15) is 47.0 Å². The second-order valence-electron chi connectivity index (χ2n) is 5.70. The van der Waals surface area contributed by atoms with Gasteiger partial charge in [0.2, 0.25) is 0 Å². The molecule has 20 heavy (non-hydrogen) atoms. The molecule has 1 heterocycles. The van der Waals surface area contributed by atoms with Gasteiger partial charge < -0.3 is 10.6 Å². The Kier molecular flexibility index (Phi) is 11.6. The molecular formula is C15H33IN4. The van der Waals surface area contributed by atoms with E-state index in [1.165, 1.54) is 25.9 Å². The van der Waals surface area contributed by atoms with Crippen molar-refractivity contribution in [1.82, 2.24) is 15.5 Å². The summed E-state index contributed by atoms with van der Waals surface area (Å²) in [6, 6.07) is 0.583. The van der Waals surface area contributed by atoms with E-state index < -0.39 is 0 Å². The molecule has 0 aliphatic carbocycles. The van der Waals surface area contributed by atoms with Crippen LogP contribution in [-0.2, 0) is 0 Å². The van der Waals surface area contributed by atoms with Crippen LogP contribution in [0.25, 0.3) is 0 Å². The summed E-state index contributed by atoms with van der Waals surface area (Å²) in [6.45, 7) is 14.2. The van der Waals surface area contributed by atoms with Crippen LogP contribution in [0.5, 0.6) is 0 Å². The quantitative estimate of drug-likeness (QED) is 0.395. The molecule has 0 spiro atoms. The first-order valence-corrected chi connectivity index (χ1v) is 7.95. The minimum Gasteiger partial charge on any atom is -0.357 e.